The summed E-state index contributed by atoms with van der Waals surface area (Å²) < 4.78 is 16.8. The van der Waals surface area contributed by atoms with Crippen molar-refractivity contribution in [2.45, 2.75) is 26.4 Å². The number of hydrazone groups is 1. The number of methoxy groups -OCH3 is 1. The van der Waals surface area contributed by atoms with Crippen molar-refractivity contribution in [3.8, 4) is 28.4 Å². The van der Waals surface area contributed by atoms with E-state index in [1.54, 1.807) is 19.2 Å². The summed E-state index contributed by atoms with van der Waals surface area (Å²) >= 11 is 6.35. The lowest BCUT2D eigenvalue weighted by Crippen LogP contribution is -2.24. The Morgan fingerprint density at radius 2 is 1.79 bits per heavy atom. The second-order valence-corrected chi connectivity index (χ2v) is 7.75. The van der Waals surface area contributed by atoms with Gasteiger partial charge in [-0.25, -0.2) is 5.43 Å². The predicted molar refractivity (Wildman–Crippen MR) is 131 cm³/mol. The summed E-state index contributed by atoms with van der Waals surface area (Å²) in [6.07, 6.45) is 2.33. The number of carbonyl (C=O) groups excluding carboxylic acids is 1. The smallest absolute Gasteiger partial charge is 0.277 e. The van der Waals surface area contributed by atoms with Crippen LogP contribution in [0.4, 0.5) is 0 Å². The van der Waals surface area contributed by atoms with Gasteiger partial charge in [-0.3, -0.25) is 4.79 Å². The van der Waals surface area contributed by atoms with Crippen molar-refractivity contribution >= 4 is 23.7 Å². The minimum absolute atomic E-state index is 0.00440. The molecule has 0 heterocycles. The Hall–Kier alpha value is -3.51. The molecule has 6 nitrogen and oxygen atoms in total. The van der Waals surface area contributed by atoms with Gasteiger partial charge in [0.25, 0.3) is 5.91 Å². The molecule has 33 heavy (non-hydrogen) atoms. The summed E-state index contributed by atoms with van der Waals surface area (Å²) in [5.41, 5.74) is 5.29. The minimum Gasteiger partial charge on any atom is -0.493 e. The quantitative estimate of drug-likeness (QED) is 0.306. The van der Waals surface area contributed by atoms with Crippen LogP contribution < -0.4 is 19.6 Å². The van der Waals surface area contributed by atoms with Gasteiger partial charge in [-0.2, -0.15) is 5.10 Å². The van der Waals surface area contributed by atoms with Crippen LogP contribution in [0.2, 0.25) is 5.02 Å². The SMILES string of the molecule is CC[C@@H](C)Oc1c(Cl)cc(/C=N/NC(=O)COc2ccc(-c3ccccc3)cc2)cc1OC. The number of nitrogens with zero attached hydrogens (tertiary/aromatic N) is 1. The first-order valence-electron chi connectivity index (χ1n) is 10.6. The normalized spacial score (nSPS) is 11.8. The van der Waals surface area contributed by atoms with Gasteiger partial charge in [0.2, 0.25) is 0 Å². The van der Waals surface area contributed by atoms with E-state index in [0.717, 1.165) is 17.5 Å². The van der Waals surface area contributed by atoms with Gasteiger partial charge in [-0.15, -0.1) is 0 Å². The lowest BCUT2D eigenvalue weighted by molar-refractivity contribution is -0.123. The Kier molecular flexibility index (Phi) is 8.72. The second-order valence-electron chi connectivity index (χ2n) is 7.34. The average Bonchev–Trinajstić information content (AvgIpc) is 2.84. The molecule has 0 unspecified atom stereocenters. The molecular formula is C26H27ClN2O4. The number of amides is 1. The van der Waals surface area contributed by atoms with Crippen LogP contribution in [0.15, 0.2) is 71.8 Å². The molecule has 0 aromatic heterocycles. The van der Waals surface area contributed by atoms with Crippen LogP contribution in [0.5, 0.6) is 17.2 Å². The third-order valence-electron chi connectivity index (χ3n) is 4.88. The van der Waals surface area contributed by atoms with E-state index in [4.69, 9.17) is 25.8 Å². The number of hydrogen-bond acceptors (Lipinski definition) is 5. The predicted octanol–water partition coefficient (Wildman–Crippen LogP) is 5.72. The number of rotatable bonds is 10. The summed E-state index contributed by atoms with van der Waals surface area (Å²) in [7, 11) is 1.54. The third kappa shape index (κ3) is 6.99. The van der Waals surface area contributed by atoms with Gasteiger partial charge < -0.3 is 14.2 Å². The second kappa shape index (κ2) is 11.9. The zero-order valence-electron chi connectivity index (χ0n) is 18.9. The zero-order valence-corrected chi connectivity index (χ0v) is 19.6. The fourth-order valence-corrected chi connectivity index (χ4v) is 3.21. The highest BCUT2D eigenvalue weighted by molar-refractivity contribution is 6.32. The Bertz CT molecular complexity index is 1090. The first-order chi connectivity index (χ1) is 16.0. The molecule has 0 aliphatic heterocycles. The van der Waals surface area contributed by atoms with Gasteiger partial charge in [-0.1, -0.05) is 61.0 Å². The summed E-state index contributed by atoms with van der Waals surface area (Å²) in [5.74, 6) is 1.20. The molecule has 3 aromatic carbocycles. The van der Waals surface area contributed by atoms with Crippen LogP contribution >= 0.6 is 11.6 Å². The molecule has 0 fully saturated rings. The van der Waals surface area contributed by atoms with Crippen molar-refractivity contribution in [3.63, 3.8) is 0 Å². The van der Waals surface area contributed by atoms with Crippen molar-refractivity contribution in [2.24, 2.45) is 5.10 Å². The molecule has 7 heteroatoms. The van der Waals surface area contributed by atoms with E-state index in [2.05, 4.69) is 10.5 Å². The van der Waals surface area contributed by atoms with Crippen LogP contribution in [0, 0.1) is 0 Å². The van der Waals surface area contributed by atoms with Crippen molar-refractivity contribution in [3.05, 3.63) is 77.3 Å². The lowest BCUT2D eigenvalue weighted by Gasteiger charge is -2.17. The molecule has 0 aliphatic carbocycles. The van der Waals surface area contributed by atoms with E-state index >= 15 is 0 Å². The van der Waals surface area contributed by atoms with E-state index < -0.39 is 0 Å². The Labute approximate surface area is 199 Å². The van der Waals surface area contributed by atoms with E-state index in [9.17, 15) is 4.79 Å². The molecule has 0 bridgehead atoms. The lowest BCUT2D eigenvalue weighted by atomic mass is 10.1. The largest absolute Gasteiger partial charge is 0.493 e. The van der Waals surface area contributed by atoms with Gasteiger partial charge in [-0.05, 0) is 54.3 Å². The standard InChI is InChI=1S/C26H27ClN2O4/c1-4-18(2)33-26-23(27)14-19(15-24(26)31-3)16-28-29-25(30)17-32-22-12-10-21(11-13-22)20-8-6-5-7-9-20/h5-16,18H,4,17H2,1-3H3,(H,29,30)/b28-16+/t18-/m1/s1. The topological polar surface area (TPSA) is 69.2 Å². The van der Waals surface area contributed by atoms with Gasteiger partial charge in [0.15, 0.2) is 18.1 Å². The first-order valence-corrected chi connectivity index (χ1v) is 11.0. The van der Waals surface area contributed by atoms with Gasteiger partial charge >= 0.3 is 0 Å². The number of nitrogens with one attached hydrogen (secondary N) is 1. The summed E-state index contributed by atoms with van der Waals surface area (Å²) in [4.78, 5) is 12.1. The van der Waals surface area contributed by atoms with Gasteiger partial charge in [0.1, 0.15) is 5.75 Å². The molecular weight excluding hydrogens is 440 g/mol. The fraction of sp³-hybridized carbons (Fsp3) is 0.231. The fourth-order valence-electron chi connectivity index (χ4n) is 2.95. The molecule has 1 atom stereocenters. The highest BCUT2D eigenvalue weighted by Crippen LogP contribution is 2.37. The highest BCUT2D eigenvalue weighted by Gasteiger charge is 2.14. The molecule has 172 valence electrons. The van der Waals surface area contributed by atoms with E-state index in [1.165, 1.54) is 6.21 Å². The molecule has 0 spiro atoms. The van der Waals surface area contributed by atoms with Gasteiger partial charge in [0.05, 0.1) is 24.5 Å². The van der Waals surface area contributed by atoms with Crippen molar-refractivity contribution in [2.75, 3.05) is 13.7 Å². The van der Waals surface area contributed by atoms with Crippen LogP contribution in [-0.4, -0.2) is 31.9 Å². The Balaban J connectivity index is 1.53. The summed E-state index contributed by atoms with van der Waals surface area (Å²) in [6, 6.07) is 21.0. The van der Waals surface area contributed by atoms with Crippen molar-refractivity contribution < 1.29 is 19.0 Å². The maximum absolute atomic E-state index is 12.1. The molecule has 0 radical (unpaired) electrons. The van der Waals surface area contributed by atoms with Crippen LogP contribution in [0.25, 0.3) is 11.1 Å². The number of carbonyl (C=O) groups is 1. The number of ether oxygens (including phenoxy) is 3. The number of halogens is 1. The van der Waals surface area contributed by atoms with E-state index in [0.29, 0.717) is 27.8 Å². The third-order valence-corrected chi connectivity index (χ3v) is 5.16. The number of benzene rings is 3. The average molecular weight is 467 g/mol. The maximum Gasteiger partial charge on any atom is 0.277 e. The van der Waals surface area contributed by atoms with Crippen LogP contribution in [0.3, 0.4) is 0 Å². The molecule has 3 rings (SSSR count). The highest BCUT2D eigenvalue weighted by atomic mass is 35.5. The number of hydrogen-bond donors (Lipinski definition) is 1. The monoisotopic (exact) mass is 466 g/mol. The molecule has 0 saturated carbocycles. The molecule has 0 aliphatic rings. The Morgan fingerprint density at radius 3 is 2.45 bits per heavy atom. The zero-order chi connectivity index (χ0) is 23.6. The molecule has 3 aromatic rings. The summed E-state index contributed by atoms with van der Waals surface area (Å²) in [6.45, 7) is 3.83. The van der Waals surface area contributed by atoms with Gasteiger partial charge in [0, 0.05) is 0 Å². The molecule has 1 N–H and O–H groups in total. The summed E-state index contributed by atoms with van der Waals surface area (Å²) in [5, 5.41) is 4.38. The van der Waals surface area contributed by atoms with Crippen molar-refractivity contribution in [1.29, 1.82) is 0 Å². The van der Waals surface area contributed by atoms with Crippen LogP contribution in [0.1, 0.15) is 25.8 Å². The maximum atomic E-state index is 12.1. The molecule has 1 amide bonds. The van der Waals surface area contributed by atoms with Crippen molar-refractivity contribution in [1.82, 2.24) is 5.43 Å². The van der Waals surface area contributed by atoms with E-state index in [-0.39, 0.29) is 18.6 Å². The Morgan fingerprint density at radius 1 is 1.09 bits per heavy atom. The van der Waals surface area contributed by atoms with E-state index in [1.807, 2.05) is 68.4 Å². The first kappa shape index (κ1) is 24.1. The van der Waals surface area contributed by atoms with Crippen LogP contribution in [-0.2, 0) is 4.79 Å². The minimum atomic E-state index is -0.381. The molecule has 0 saturated heterocycles.